The average Bonchev–Trinajstić information content (AvgIpc) is 2.61. The molecule has 3 rings (SSSR count). The van der Waals surface area contributed by atoms with Crippen LogP contribution in [-0.2, 0) is 6.54 Å². The average molecular weight is 310 g/mol. The minimum Gasteiger partial charge on any atom is -0.372 e. The van der Waals surface area contributed by atoms with E-state index >= 15 is 0 Å². The Balaban J connectivity index is 1.55. The molecule has 1 saturated heterocycles. The number of rotatable bonds is 4. The van der Waals surface area contributed by atoms with E-state index < -0.39 is 0 Å². The van der Waals surface area contributed by atoms with Crippen LogP contribution in [0.25, 0.3) is 0 Å². The van der Waals surface area contributed by atoms with E-state index in [-0.39, 0.29) is 5.91 Å². The van der Waals surface area contributed by atoms with Gasteiger partial charge >= 0.3 is 0 Å². The van der Waals surface area contributed by atoms with Gasteiger partial charge in [0.05, 0.1) is 11.9 Å². The van der Waals surface area contributed by atoms with Crippen molar-refractivity contribution in [2.75, 3.05) is 18.0 Å². The first-order valence-corrected chi connectivity index (χ1v) is 8.13. The number of piperidine rings is 1. The molecule has 5 heteroatoms. The Morgan fingerprint density at radius 3 is 2.48 bits per heavy atom. The predicted octanol–water partition coefficient (Wildman–Crippen LogP) is 2.71. The Morgan fingerprint density at radius 1 is 1.09 bits per heavy atom. The maximum Gasteiger partial charge on any atom is 0.271 e. The third-order valence-corrected chi connectivity index (χ3v) is 4.12. The van der Waals surface area contributed by atoms with E-state index in [1.165, 1.54) is 31.1 Å². The zero-order valence-electron chi connectivity index (χ0n) is 13.5. The summed E-state index contributed by atoms with van der Waals surface area (Å²) in [5.74, 6) is -0.197. The van der Waals surface area contributed by atoms with Crippen molar-refractivity contribution in [2.45, 2.75) is 32.7 Å². The van der Waals surface area contributed by atoms with Gasteiger partial charge in [-0.3, -0.25) is 9.78 Å². The van der Waals surface area contributed by atoms with Crippen molar-refractivity contribution in [1.82, 2.24) is 15.3 Å². The largest absolute Gasteiger partial charge is 0.372 e. The molecular formula is C18H22N4O. The summed E-state index contributed by atoms with van der Waals surface area (Å²) in [6.07, 6.45) is 6.99. The lowest BCUT2D eigenvalue weighted by atomic mass is 10.1. The van der Waals surface area contributed by atoms with E-state index in [0.717, 1.165) is 24.3 Å². The number of hydrogen-bond acceptors (Lipinski definition) is 4. The van der Waals surface area contributed by atoms with Crippen LogP contribution in [0, 0.1) is 6.92 Å². The third kappa shape index (κ3) is 4.06. The second-order valence-corrected chi connectivity index (χ2v) is 5.94. The van der Waals surface area contributed by atoms with Gasteiger partial charge in [-0.05, 0) is 43.9 Å². The van der Waals surface area contributed by atoms with Gasteiger partial charge in [0, 0.05) is 31.5 Å². The van der Waals surface area contributed by atoms with Gasteiger partial charge in [-0.1, -0.05) is 12.1 Å². The minimum absolute atomic E-state index is 0.197. The summed E-state index contributed by atoms with van der Waals surface area (Å²) in [7, 11) is 0. The second-order valence-electron chi connectivity index (χ2n) is 5.94. The topological polar surface area (TPSA) is 58.1 Å². The summed E-state index contributed by atoms with van der Waals surface area (Å²) in [6, 6.07) is 8.42. The minimum atomic E-state index is -0.197. The number of nitrogens with zero attached hydrogens (tertiary/aromatic N) is 3. The van der Waals surface area contributed by atoms with E-state index in [1.54, 1.807) is 6.20 Å². The highest BCUT2D eigenvalue weighted by Gasteiger charge is 2.11. The number of hydrogen-bond donors (Lipinski definition) is 1. The van der Waals surface area contributed by atoms with E-state index in [4.69, 9.17) is 0 Å². The molecule has 1 aliphatic rings. The molecular weight excluding hydrogens is 288 g/mol. The zero-order chi connectivity index (χ0) is 16.1. The van der Waals surface area contributed by atoms with Gasteiger partial charge in [0.2, 0.25) is 0 Å². The van der Waals surface area contributed by atoms with Gasteiger partial charge in [-0.2, -0.15) is 0 Å². The van der Waals surface area contributed by atoms with Crippen molar-refractivity contribution in [3.63, 3.8) is 0 Å². The first kappa shape index (κ1) is 15.5. The molecule has 1 N–H and O–H groups in total. The highest BCUT2D eigenvalue weighted by molar-refractivity contribution is 5.91. The summed E-state index contributed by atoms with van der Waals surface area (Å²) in [5.41, 5.74) is 3.50. The fourth-order valence-electron chi connectivity index (χ4n) is 2.76. The first-order chi connectivity index (χ1) is 11.2. The van der Waals surface area contributed by atoms with Crippen LogP contribution < -0.4 is 10.2 Å². The summed E-state index contributed by atoms with van der Waals surface area (Å²) >= 11 is 0. The van der Waals surface area contributed by atoms with Gasteiger partial charge in [-0.25, -0.2) is 4.98 Å². The number of benzene rings is 1. The van der Waals surface area contributed by atoms with Crippen molar-refractivity contribution in [1.29, 1.82) is 0 Å². The molecule has 1 aliphatic heterocycles. The van der Waals surface area contributed by atoms with Gasteiger partial charge in [-0.15, -0.1) is 0 Å². The first-order valence-electron chi connectivity index (χ1n) is 8.13. The molecule has 0 aliphatic carbocycles. The van der Waals surface area contributed by atoms with Crippen LogP contribution in [0.15, 0.2) is 36.7 Å². The highest BCUT2D eigenvalue weighted by Crippen LogP contribution is 2.20. The van der Waals surface area contributed by atoms with Gasteiger partial charge in [0.25, 0.3) is 5.91 Å². The Hall–Kier alpha value is -2.43. The van der Waals surface area contributed by atoms with E-state index in [9.17, 15) is 4.79 Å². The molecule has 0 saturated carbocycles. The van der Waals surface area contributed by atoms with Crippen molar-refractivity contribution in [3.05, 3.63) is 53.6 Å². The zero-order valence-corrected chi connectivity index (χ0v) is 13.5. The fourth-order valence-corrected chi connectivity index (χ4v) is 2.76. The van der Waals surface area contributed by atoms with Crippen LogP contribution in [0.3, 0.4) is 0 Å². The number of carbonyl (C=O) groups excluding carboxylic acids is 1. The molecule has 1 aromatic heterocycles. The molecule has 1 fully saturated rings. The van der Waals surface area contributed by atoms with Crippen LogP contribution in [0.1, 0.15) is 41.0 Å². The summed E-state index contributed by atoms with van der Waals surface area (Å²) < 4.78 is 0. The molecule has 0 bridgehead atoms. The lowest BCUT2D eigenvalue weighted by molar-refractivity contribution is 0.0945. The molecule has 0 atom stereocenters. The number of aryl methyl sites for hydroxylation is 1. The monoisotopic (exact) mass is 310 g/mol. The standard InChI is InChI=1S/C18H22N4O/c1-14-11-20-17(13-19-14)18(23)21-12-15-5-7-16(8-6-15)22-9-3-2-4-10-22/h5-8,11,13H,2-4,9-10,12H2,1H3,(H,21,23). The van der Waals surface area contributed by atoms with Crippen LogP contribution >= 0.6 is 0 Å². The number of aromatic nitrogens is 2. The Labute approximate surface area is 136 Å². The second kappa shape index (κ2) is 7.22. The van der Waals surface area contributed by atoms with Crippen molar-refractivity contribution in [2.24, 2.45) is 0 Å². The Morgan fingerprint density at radius 2 is 1.83 bits per heavy atom. The smallest absolute Gasteiger partial charge is 0.271 e. The van der Waals surface area contributed by atoms with E-state index in [2.05, 4.69) is 44.5 Å². The van der Waals surface area contributed by atoms with Gasteiger partial charge in [0.15, 0.2) is 0 Å². The molecule has 1 aromatic carbocycles. The summed E-state index contributed by atoms with van der Waals surface area (Å²) in [6.45, 7) is 4.62. The molecule has 2 aromatic rings. The molecule has 0 unspecified atom stereocenters. The Kier molecular flexibility index (Phi) is 4.86. The molecule has 23 heavy (non-hydrogen) atoms. The quantitative estimate of drug-likeness (QED) is 0.943. The van der Waals surface area contributed by atoms with E-state index in [0.29, 0.717) is 12.2 Å². The molecule has 120 valence electrons. The number of nitrogens with one attached hydrogen (secondary N) is 1. The normalized spacial score (nSPS) is 14.6. The van der Waals surface area contributed by atoms with Crippen LogP contribution in [0.5, 0.6) is 0 Å². The van der Waals surface area contributed by atoms with Gasteiger partial charge < -0.3 is 10.2 Å². The summed E-state index contributed by atoms with van der Waals surface area (Å²) in [4.78, 5) is 22.6. The van der Waals surface area contributed by atoms with Crippen LogP contribution in [0.2, 0.25) is 0 Å². The number of anilines is 1. The number of amides is 1. The van der Waals surface area contributed by atoms with E-state index in [1.807, 2.05) is 6.92 Å². The predicted molar refractivity (Wildman–Crippen MR) is 90.4 cm³/mol. The maximum absolute atomic E-state index is 12.0. The SMILES string of the molecule is Cc1cnc(C(=O)NCc2ccc(N3CCCCC3)cc2)cn1. The van der Waals surface area contributed by atoms with Crippen molar-refractivity contribution >= 4 is 11.6 Å². The fraction of sp³-hybridized carbons (Fsp3) is 0.389. The number of carbonyl (C=O) groups is 1. The van der Waals surface area contributed by atoms with Gasteiger partial charge in [0.1, 0.15) is 5.69 Å². The highest BCUT2D eigenvalue weighted by atomic mass is 16.1. The maximum atomic E-state index is 12.0. The van der Waals surface area contributed by atoms with Crippen molar-refractivity contribution in [3.8, 4) is 0 Å². The van der Waals surface area contributed by atoms with Crippen LogP contribution in [-0.4, -0.2) is 29.0 Å². The Bertz CT molecular complexity index is 646. The lowest BCUT2D eigenvalue weighted by Gasteiger charge is -2.28. The molecule has 0 spiro atoms. The lowest BCUT2D eigenvalue weighted by Crippen LogP contribution is -2.29. The molecule has 5 nitrogen and oxygen atoms in total. The summed E-state index contributed by atoms with van der Waals surface area (Å²) in [5, 5.41) is 2.88. The molecule has 2 heterocycles. The van der Waals surface area contributed by atoms with Crippen molar-refractivity contribution < 1.29 is 4.79 Å². The molecule has 1 amide bonds. The third-order valence-electron chi connectivity index (χ3n) is 4.12. The van der Waals surface area contributed by atoms with Crippen LogP contribution in [0.4, 0.5) is 5.69 Å². The molecule has 0 radical (unpaired) electrons.